The zero-order chi connectivity index (χ0) is 10.7. The molecule has 0 aromatic rings. The van der Waals surface area contributed by atoms with E-state index in [1.165, 1.54) is 38.6 Å². The highest BCUT2D eigenvalue weighted by Crippen LogP contribution is 2.35. The second-order valence-corrected chi connectivity index (χ2v) is 5.59. The van der Waals surface area contributed by atoms with Crippen molar-refractivity contribution < 1.29 is 4.74 Å². The molecule has 0 aromatic carbocycles. The van der Waals surface area contributed by atoms with Gasteiger partial charge in [-0.25, -0.2) is 0 Å². The Kier molecular flexibility index (Phi) is 3.97. The second kappa shape index (κ2) is 5.07. The van der Waals surface area contributed by atoms with Gasteiger partial charge in [0.2, 0.25) is 0 Å². The molecule has 0 aromatic heterocycles. The summed E-state index contributed by atoms with van der Waals surface area (Å²) in [6.07, 6.45) is 6.60. The Balaban J connectivity index is 1.87. The summed E-state index contributed by atoms with van der Waals surface area (Å²) in [5.41, 5.74) is 0.422. The number of nitrogens with zero attached hydrogens (tertiary/aromatic N) is 1. The lowest BCUT2D eigenvalue weighted by molar-refractivity contribution is -0.00123. The molecule has 1 saturated heterocycles. The first-order valence-corrected chi connectivity index (χ1v) is 6.78. The van der Waals surface area contributed by atoms with Crippen molar-refractivity contribution in [2.75, 3.05) is 32.6 Å². The molecule has 0 N–H and O–H groups in total. The van der Waals surface area contributed by atoms with Gasteiger partial charge in [-0.3, -0.25) is 0 Å². The predicted molar refractivity (Wildman–Crippen MR) is 66.6 cm³/mol. The largest absolute Gasteiger partial charge is 0.381 e. The normalized spacial score (nSPS) is 26.6. The van der Waals surface area contributed by atoms with Crippen LogP contribution in [0.25, 0.3) is 0 Å². The highest BCUT2D eigenvalue weighted by Gasteiger charge is 2.34. The molecule has 0 amide bonds. The number of ether oxygens (including phenoxy) is 1. The highest BCUT2D eigenvalue weighted by molar-refractivity contribution is 7.80. The van der Waals surface area contributed by atoms with Gasteiger partial charge in [0.1, 0.15) is 0 Å². The van der Waals surface area contributed by atoms with E-state index in [1.54, 1.807) is 0 Å². The Morgan fingerprint density at radius 1 is 1.33 bits per heavy atom. The summed E-state index contributed by atoms with van der Waals surface area (Å²) in [4.78, 5) is 2.56. The van der Waals surface area contributed by atoms with Gasteiger partial charge in [-0.15, -0.1) is 0 Å². The number of thiol groups is 1. The Morgan fingerprint density at radius 3 is 2.47 bits per heavy atom. The van der Waals surface area contributed by atoms with E-state index >= 15 is 0 Å². The third-order valence-corrected chi connectivity index (χ3v) is 4.84. The minimum atomic E-state index is 0.422. The van der Waals surface area contributed by atoms with E-state index in [0.29, 0.717) is 5.41 Å². The van der Waals surface area contributed by atoms with Gasteiger partial charge in [-0.1, -0.05) is 6.42 Å². The van der Waals surface area contributed by atoms with Crippen molar-refractivity contribution in [2.45, 2.75) is 38.1 Å². The average Bonchev–Trinajstić information content (AvgIpc) is 2.16. The van der Waals surface area contributed by atoms with E-state index in [2.05, 4.69) is 24.6 Å². The van der Waals surface area contributed by atoms with Crippen molar-refractivity contribution in [3.63, 3.8) is 0 Å². The number of rotatable bonds is 4. The van der Waals surface area contributed by atoms with Crippen molar-refractivity contribution in [3.05, 3.63) is 0 Å². The van der Waals surface area contributed by atoms with Crippen LogP contribution in [0, 0.1) is 5.41 Å². The topological polar surface area (TPSA) is 12.5 Å². The van der Waals surface area contributed by atoms with Crippen molar-refractivity contribution in [1.29, 1.82) is 0 Å². The monoisotopic (exact) mass is 229 g/mol. The molecule has 0 atom stereocenters. The van der Waals surface area contributed by atoms with E-state index in [9.17, 15) is 0 Å². The van der Waals surface area contributed by atoms with Crippen LogP contribution in [0.5, 0.6) is 0 Å². The maximum atomic E-state index is 5.46. The minimum Gasteiger partial charge on any atom is -0.381 e. The van der Waals surface area contributed by atoms with Crippen LogP contribution < -0.4 is 0 Å². The molecule has 2 nitrogen and oxygen atoms in total. The first kappa shape index (κ1) is 11.7. The predicted octanol–water partition coefficient (Wildman–Crippen LogP) is 2.20. The lowest BCUT2D eigenvalue weighted by Crippen LogP contribution is -2.47. The maximum Gasteiger partial charge on any atom is 0.0472 e. The zero-order valence-corrected chi connectivity index (χ0v) is 10.6. The summed E-state index contributed by atoms with van der Waals surface area (Å²) in [6.45, 7) is 3.07. The summed E-state index contributed by atoms with van der Waals surface area (Å²) >= 11 is 4.56. The van der Waals surface area contributed by atoms with Gasteiger partial charge in [-0.2, -0.15) is 12.6 Å². The third kappa shape index (κ3) is 2.69. The van der Waals surface area contributed by atoms with Crippen molar-refractivity contribution >= 4 is 12.6 Å². The lowest BCUT2D eigenvalue weighted by Gasteiger charge is -2.43. The molecule has 0 bridgehead atoms. The second-order valence-electron chi connectivity index (χ2n) is 5.27. The van der Waals surface area contributed by atoms with Gasteiger partial charge in [0, 0.05) is 25.8 Å². The Labute approximate surface area is 98.8 Å². The van der Waals surface area contributed by atoms with Gasteiger partial charge in [0.05, 0.1) is 0 Å². The smallest absolute Gasteiger partial charge is 0.0472 e. The van der Waals surface area contributed by atoms with Gasteiger partial charge in [0.25, 0.3) is 0 Å². The number of hydrogen-bond donors (Lipinski definition) is 1. The van der Waals surface area contributed by atoms with Crippen LogP contribution in [0.2, 0.25) is 0 Å². The fourth-order valence-electron chi connectivity index (χ4n) is 2.66. The van der Waals surface area contributed by atoms with Crippen LogP contribution in [-0.2, 0) is 4.74 Å². The molecule has 88 valence electrons. The third-order valence-electron chi connectivity index (χ3n) is 4.17. The standard InChI is InChI=1S/C12H23NOS/c1-13(11-3-2-4-11)9-12(10-15)5-7-14-8-6-12/h11,15H,2-10H2,1H3. The molecular weight excluding hydrogens is 206 g/mol. The quantitative estimate of drug-likeness (QED) is 0.742. The first-order chi connectivity index (χ1) is 7.26. The van der Waals surface area contributed by atoms with Gasteiger partial charge in [0.15, 0.2) is 0 Å². The summed E-state index contributed by atoms with van der Waals surface area (Å²) in [5.74, 6) is 1.01. The van der Waals surface area contributed by atoms with Crippen LogP contribution >= 0.6 is 12.6 Å². The molecule has 0 radical (unpaired) electrons. The van der Waals surface area contributed by atoms with E-state index in [-0.39, 0.29) is 0 Å². The first-order valence-electron chi connectivity index (χ1n) is 6.15. The summed E-state index contributed by atoms with van der Waals surface area (Å²) in [6, 6.07) is 0.851. The van der Waals surface area contributed by atoms with Crippen LogP contribution in [0.15, 0.2) is 0 Å². The summed E-state index contributed by atoms with van der Waals surface area (Å²) in [7, 11) is 2.28. The van der Waals surface area contributed by atoms with E-state index < -0.39 is 0 Å². The lowest BCUT2D eigenvalue weighted by atomic mass is 9.80. The fourth-order valence-corrected chi connectivity index (χ4v) is 3.07. The molecule has 1 heterocycles. The molecule has 15 heavy (non-hydrogen) atoms. The fraction of sp³-hybridized carbons (Fsp3) is 1.00. The maximum absolute atomic E-state index is 5.46. The molecule has 2 rings (SSSR count). The Morgan fingerprint density at radius 2 is 2.00 bits per heavy atom. The summed E-state index contributed by atoms with van der Waals surface area (Å²) < 4.78 is 5.46. The minimum absolute atomic E-state index is 0.422. The zero-order valence-electron chi connectivity index (χ0n) is 9.74. The van der Waals surface area contributed by atoms with Gasteiger partial charge in [-0.05, 0) is 43.9 Å². The Bertz CT molecular complexity index is 200. The molecule has 1 aliphatic carbocycles. The van der Waals surface area contributed by atoms with E-state index in [4.69, 9.17) is 4.74 Å². The molecular formula is C12H23NOS. The van der Waals surface area contributed by atoms with Gasteiger partial charge < -0.3 is 9.64 Å². The summed E-state index contributed by atoms with van der Waals surface area (Å²) in [5, 5.41) is 0. The molecule has 1 aliphatic heterocycles. The molecule has 0 spiro atoms. The molecule has 2 fully saturated rings. The van der Waals surface area contributed by atoms with Crippen molar-refractivity contribution in [1.82, 2.24) is 4.90 Å². The van der Waals surface area contributed by atoms with Crippen LogP contribution in [0.1, 0.15) is 32.1 Å². The molecule has 0 unspecified atom stereocenters. The Hall–Kier alpha value is 0.270. The van der Waals surface area contributed by atoms with E-state index in [0.717, 1.165) is 25.0 Å². The van der Waals surface area contributed by atoms with Crippen LogP contribution in [-0.4, -0.2) is 43.5 Å². The molecule has 3 heteroatoms. The SMILES string of the molecule is CN(CC1(CS)CCOCC1)C1CCC1. The number of hydrogen-bond acceptors (Lipinski definition) is 3. The average molecular weight is 229 g/mol. The molecule has 1 saturated carbocycles. The van der Waals surface area contributed by atoms with Crippen LogP contribution in [0.4, 0.5) is 0 Å². The van der Waals surface area contributed by atoms with Gasteiger partial charge >= 0.3 is 0 Å². The van der Waals surface area contributed by atoms with Crippen molar-refractivity contribution in [3.8, 4) is 0 Å². The molecule has 2 aliphatic rings. The van der Waals surface area contributed by atoms with Crippen molar-refractivity contribution in [2.24, 2.45) is 5.41 Å². The highest BCUT2D eigenvalue weighted by atomic mass is 32.1. The van der Waals surface area contributed by atoms with Crippen LogP contribution in [0.3, 0.4) is 0 Å². The van der Waals surface area contributed by atoms with E-state index in [1.807, 2.05) is 0 Å².